The highest BCUT2D eigenvalue weighted by atomic mass is 35.5. The minimum atomic E-state index is -1.02. The standard InChI is InChI=1S/C14H12ClNO3/c1-9-4-5-16-7-12(9)11-6-10(15)2-3-13(11)19-8-14(17)18/h2-7H,8H2,1H3,(H,17,18). The van der Waals surface area contributed by atoms with Crippen LogP contribution in [-0.2, 0) is 4.79 Å². The van der Waals surface area contributed by atoms with Gasteiger partial charge in [0.15, 0.2) is 6.61 Å². The molecule has 2 rings (SSSR count). The number of aromatic nitrogens is 1. The van der Waals surface area contributed by atoms with Crippen molar-refractivity contribution in [3.8, 4) is 16.9 Å². The first-order valence-corrected chi connectivity index (χ1v) is 6.01. The maximum absolute atomic E-state index is 10.6. The third-order valence-electron chi connectivity index (χ3n) is 2.62. The van der Waals surface area contributed by atoms with Crippen LogP contribution in [-0.4, -0.2) is 22.7 Å². The number of aliphatic carboxylic acids is 1. The minimum absolute atomic E-state index is 0.395. The average Bonchev–Trinajstić information content (AvgIpc) is 2.37. The summed E-state index contributed by atoms with van der Waals surface area (Å²) in [5.41, 5.74) is 2.61. The Kier molecular flexibility index (Phi) is 4.02. The Balaban J connectivity index is 2.46. The Morgan fingerprint density at radius 3 is 2.84 bits per heavy atom. The lowest BCUT2D eigenvalue weighted by Gasteiger charge is -2.12. The summed E-state index contributed by atoms with van der Waals surface area (Å²) in [4.78, 5) is 14.7. The van der Waals surface area contributed by atoms with Crippen molar-refractivity contribution in [3.05, 3.63) is 47.2 Å². The summed E-state index contributed by atoms with van der Waals surface area (Å²) >= 11 is 5.99. The molecule has 0 saturated carbocycles. The predicted molar refractivity (Wildman–Crippen MR) is 72.6 cm³/mol. The van der Waals surface area contributed by atoms with Gasteiger partial charge in [-0.2, -0.15) is 0 Å². The van der Waals surface area contributed by atoms with Gasteiger partial charge in [0.05, 0.1) is 0 Å². The fourth-order valence-electron chi connectivity index (χ4n) is 1.72. The number of carboxylic acid groups (broad SMARTS) is 1. The van der Waals surface area contributed by atoms with Crippen molar-refractivity contribution in [2.45, 2.75) is 6.92 Å². The van der Waals surface area contributed by atoms with E-state index in [4.69, 9.17) is 21.4 Å². The van der Waals surface area contributed by atoms with Gasteiger partial charge in [-0.15, -0.1) is 0 Å². The van der Waals surface area contributed by atoms with Gasteiger partial charge in [-0.1, -0.05) is 11.6 Å². The topological polar surface area (TPSA) is 59.4 Å². The molecule has 1 aromatic heterocycles. The van der Waals surface area contributed by atoms with Crippen LogP contribution in [0.5, 0.6) is 5.75 Å². The van der Waals surface area contributed by atoms with Crippen LogP contribution in [0.4, 0.5) is 0 Å². The van der Waals surface area contributed by atoms with E-state index in [1.165, 1.54) is 0 Å². The zero-order chi connectivity index (χ0) is 13.8. The normalized spacial score (nSPS) is 10.2. The highest BCUT2D eigenvalue weighted by Crippen LogP contribution is 2.33. The molecule has 5 heteroatoms. The maximum Gasteiger partial charge on any atom is 0.341 e. The molecule has 1 aromatic carbocycles. The highest BCUT2D eigenvalue weighted by Gasteiger charge is 2.11. The number of rotatable bonds is 4. The van der Waals surface area contributed by atoms with Crippen LogP contribution < -0.4 is 4.74 Å². The summed E-state index contributed by atoms with van der Waals surface area (Å²) in [6, 6.07) is 6.93. The number of carbonyl (C=O) groups is 1. The third kappa shape index (κ3) is 3.23. The highest BCUT2D eigenvalue weighted by molar-refractivity contribution is 6.31. The lowest BCUT2D eigenvalue weighted by atomic mass is 10.0. The number of carboxylic acids is 1. The second-order valence-corrected chi connectivity index (χ2v) is 4.45. The van der Waals surface area contributed by atoms with E-state index in [1.54, 1.807) is 30.6 Å². The molecule has 98 valence electrons. The predicted octanol–water partition coefficient (Wildman–Crippen LogP) is 3.17. The number of hydrogen-bond donors (Lipinski definition) is 1. The number of aryl methyl sites for hydroxylation is 1. The van der Waals surface area contributed by atoms with Crippen molar-refractivity contribution >= 4 is 17.6 Å². The fourth-order valence-corrected chi connectivity index (χ4v) is 1.90. The van der Waals surface area contributed by atoms with Crippen LogP contribution in [0, 0.1) is 6.92 Å². The number of ether oxygens (including phenoxy) is 1. The molecule has 0 amide bonds. The van der Waals surface area contributed by atoms with Gasteiger partial charge in [0.1, 0.15) is 5.75 Å². The summed E-state index contributed by atoms with van der Waals surface area (Å²) in [5.74, 6) is -0.549. The quantitative estimate of drug-likeness (QED) is 0.932. The minimum Gasteiger partial charge on any atom is -0.481 e. The molecule has 19 heavy (non-hydrogen) atoms. The lowest BCUT2D eigenvalue weighted by Crippen LogP contribution is -2.10. The van der Waals surface area contributed by atoms with Gasteiger partial charge in [-0.25, -0.2) is 4.79 Å². The van der Waals surface area contributed by atoms with Crippen LogP contribution in [0.15, 0.2) is 36.7 Å². The Morgan fingerprint density at radius 2 is 2.16 bits per heavy atom. The molecule has 0 fully saturated rings. The Morgan fingerprint density at radius 1 is 1.37 bits per heavy atom. The second-order valence-electron chi connectivity index (χ2n) is 4.01. The Labute approximate surface area is 115 Å². The molecule has 0 aliphatic heterocycles. The van der Waals surface area contributed by atoms with E-state index >= 15 is 0 Å². The Hall–Kier alpha value is -2.07. The molecule has 0 saturated heterocycles. The largest absolute Gasteiger partial charge is 0.481 e. The molecular formula is C14H12ClNO3. The molecule has 0 unspecified atom stereocenters. The smallest absolute Gasteiger partial charge is 0.341 e. The number of benzene rings is 1. The van der Waals surface area contributed by atoms with Crippen molar-refractivity contribution in [2.24, 2.45) is 0 Å². The molecule has 2 aromatic rings. The summed E-state index contributed by atoms with van der Waals surface area (Å²) in [7, 11) is 0. The first kappa shape index (κ1) is 13.4. The van der Waals surface area contributed by atoms with Crippen molar-refractivity contribution in [1.29, 1.82) is 0 Å². The van der Waals surface area contributed by atoms with E-state index in [0.29, 0.717) is 10.8 Å². The van der Waals surface area contributed by atoms with Crippen molar-refractivity contribution in [1.82, 2.24) is 4.98 Å². The molecule has 0 radical (unpaired) electrons. The molecule has 0 atom stereocenters. The first-order chi connectivity index (χ1) is 9.08. The average molecular weight is 278 g/mol. The van der Waals surface area contributed by atoms with Crippen LogP contribution in [0.2, 0.25) is 5.02 Å². The molecule has 0 spiro atoms. The molecule has 0 aliphatic carbocycles. The zero-order valence-electron chi connectivity index (χ0n) is 10.3. The molecule has 1 N–H and O–H groups in total. The molecule has 4 nitrogen and oxygen atoms in total. The van der Waals surface area contributed by atoms with Crippen LogP contribution in [0.1, 0.15) is 5.56 Å². The van der Waals surface area contributed by atoms with E-state index in [9.17, 15) is 4.79 Å². The number of pyridine rings is 1. The summed E-state index contributed by atoms with van der Waals surface area (Å²) in [6.07, 6.45) is 3.40. The van der Waals surface area contributed by atoms with Gasteiger partial charge in [-0.3, -0.25) is 4.98 Å². The SMILES string of the molecule is Cc1ccncc1-c1cc(Cl)ccc1OCC(=O)O. The van der Waals surface area contributed by atoms with Gasteiger partial charge in [0, 0.05) is 28.5 Å². The number of halogens is 1. The van der Waals surface area contributed by atoms with Gasteiger partial charge in [0.2, 0.25) is 0 Å². The Bertz CT molecular complexity index is 613. The summed E-state index contributed by atoms with van der Waals surface area (Å²) in [5, 5.41) is 9.24. The molecular weight excluding hydrogens is 266 g/mol. The fraction of sp³-hybridized carbons (Fsp3) is 0.143. The summed E-state index contributed by atoms with van der Waals surface area (Å²) in [6.45, 7) is 1.55. The van der Waals surface area contributed by atoms with Crippen LogP contribution >= 0.6 is 11.6 Å². The number of hydrogen-bond acceptors (Lipinski definition) is 3. The zero-order valence-corrected chi connectivity index (χ0v) is 11.0. The summed E-state index contributed by atoms with van der Waals surface area (Å²) < 4.78 is 5.28. The lowest BCUT2D eigenvalue weighted by molar-refractivity contribution is -0.139. The van der Waals surface area contributed by atoms with Crippen molar-refractivity contribution in [2.75, 3.05) is 6.61 Å². The van der Waals surface area contributed by atoms with E-state index in [0.717, 1.165) is 16.7 Å². The number of nitrogens with zero attached hydrogens (tertiary/aromatic N) is 1. The van der Waals surface area contributed by atoms with Crippen molar-refractivity contribution in [3.63, 3.8) is 0 Å². The second kappa shape index (κ2) is 5.71. The van der Waals surface area contributed by atoms with Crippen LogP contribution in [0.25, 0.3) is 11.1 Å². The third-order valence-corrected chi connectivity index (χ3v) is 2.86. The molecule has 0 aliphatic rings. The van der Waals surface area contributed by atoms with Crippen LogP contribution in [0.3, 0.4) is 0 Å². The first-order valence-electron chi connectivity index (χ1n) is 5.63. The molecule has 1 heterocycles. The van der Waals surface area contributed by atoms with E-state index < -0.39 is 12.6 Å². The van der Waals surface area contributed by atoms with Gasteiger partial charge < -0.3 is 9.84 Å². The van der Waals surface area contributed by atoms with E-state index in [-0.39, 0.29) is 0 Å². The van der Waals surface area contributed by atoms with Gasteiger partial charge >= 0.3 is 5.97 Å². The van der Waals surface area contributed by atoms with Gasteiger partial charge in [-0.05, 0) is 36.8 Å². The van der Waals surface area contributed by atoms with E-state index in [1.807, 2.05) is 13.0 Å². The monoisotopic (exact) mass is 277 g/mol. The van der Waals surface area contributed by atoms with Gasteiger partial charge in [0.25, 0.3) is 0 Å². The molecule has 0 bridgehead atoms. The van der Waals surface area contributed by atoms with E-state index in [2.05, 4.69) is 4.98 Å². The van der Waals surface area contributed by atoms with Crippen molar-refractivity contribution < 1.29 is 14.6 Å². The maximum atomic E-state index is 10.6.